The number of carbonyl (C=O) groups excluding carboxylic acids is 2. The lowest BCUT2D eigenvalue weighted by atomic mass is 10.2. The molecule has 0 saturated heterocycles. The topological polar surface area (TPSA) is 106 Å². The molecule has 0 atom stereocenters. The van der Waals surface area contributed by atoms with Gasteiger partial charge in [-0.1, -0.05) is 12.1 Å². The average Bonchev–Trinajstić information content (AvgIpc) is 2.81. The zero-order valence-corrected chi connectivity index (χ0v) is 16.5. The number of halogens is 1. The summed E-state index contributed by atoms with van der Waals surface area (Å²) in [6.07, 6.45) is 1.56. The number of rotatable bonds is 5. The number of pyridine rings is 1. The number of anilines is 2. The zero-order chi connectivity index (χ0) is 22.5. The minimum atomic E-state index is -0.580. The summed E-state index contributed by atoms with van der Waals surface area (Å²) in [6.45, 7) is 0. The molecule has 158 valence electrons. The quantitative estimate of drug-likeness (QED) is 0.507. The van der Waals surface area contributed by atoms with Crippen LogP contribution in [0.2, 0.25) is 0 Å². The van der Waals surface area contributed by atoms with Crippen LogP contribution in [0.15, 0.2) is 89.9 Å². The van der Waals surface area contributed by atoms with Crippen molar-refractivity contribution in [3.8, 4) is 5.69 Å². The van der Waals surface area contributed by atoms with Crippen molar-refractivity contribution in [2.75, 3.05) is 10.6 Å². The van der Waals surface area contributed by atoms with Crippen LogP contribution in [0.4, 0.5) is 15.9 Å². The Bertz CT molecular complexity index is 1340. The summed E-state index contributed by atoms with van der Waals surface area (Å²) in [7, 11) is 0. The predicted octanol–water partition coefficient (Wildman–Crippen LogP) is 3.27. The Hall–Kier alpha value is -4.66. The Morgan fingerprint density at radius 3 is 2.41 bits per heavy atom. The first kappa shape index (κ1) is 20.6. The molecule has 8 nitrogen and oxygen atoms in total. The van der Waals surface area contributed by atoms with Crippen LogP contribution in [-0.4, -0.2) is 26.6 Å². The molecule has 2 amide bonds. The summed E-state index contributed by atoms with van der Waals surface area (Å²) < 4.78 is 14.2. The molecule has 0 aliphatic rings. The Balaban J connectivity index is 1.52. The van der Waals surface area contributed by atoms with Crippen molar-refractivity contribution >= 4 is 23.3 Å². The van der Waals surface area contributed by atoms with Crippen molar-refractivity contribution in [3.05, 3.63) is 112 Å². The van der Waals surface area contributed by atoms with Gasteiger partial charge in [0.15, 0.2) is 0 Å². The first-order valence-electron chi connectivity index (χ1n) is 9.50. The van der Waals surface area contributed by atoms with E-state index < -0.39 is 17.3 Å². The molecule has 0 aliphatic carbocycles. The van der Waals surface area contributed by atoms with E-state index in [1.165, 1.54) is 42.5 Å². The molecular formula is C23H16FN5O3. The van der Waals surface area contributed by atoms with Gasteiger partial charge in [0.1, 0.15) is 17.3 Å². The van der Waals surface area contributed by atoms with Gasteiger partial charge >= 0.3 is 0 Å². The second-order valence-electron chi connectivity index (χ2n) is 6.65. The highest BCUT2D eigenvalue weighted by atomic mass is 19.1. The summed E-state index contributed by atoms with van der Waals surface area (Å²) in [5.41, 5.74) is 0.501. The van der Waals surface area contributed by atoms with Crippen LogP contribution in [0.3, 0.4) is 0 Å². The minimum absolute atomic E-state index is 0.0303. The van der Waals surface area contributed by atoms with Crippen molar-refractivity contribution in [3.63, 3.8) is 0 Å². The number of benzene rings is 2. The van der Waals surface area contributed by atoms with Crippen LogP contribution in [0, 0.1) is 5.82 Å². The maximum Gasteiger partial charge on any atom is 0.276 e. The summed E-state index contributed by atoms with van der Waals surface area (Å²) in [5, 5.41) is 9.38. The standard InChI is InChI=1S/C23H16FN5O3/c24-16-7-9-18(10-8-16)29-21(30)12-11-19(28-29)23(32)26-17-5-3-4-15(14-17)22(31)27-20-6-1-2-13-25-20/h1-14H,(H,26,32)(H,25,27,31). The number of amides is 2. The highest BCUT2D eigenvalue weighted by Crippen LogP contribution is 2.14. The number of aromatic nitrogens is 3. The van der Waals surface area contributed by atoms with Gasteiger partial charge in [0.25, 0.3) is 17.4 Å². The molecule has 9 heteroatoms. The lowest BCUT2D eigenvalue weighted by Gasteiger charge is -2.09. The Morgan fingerprint density at radius 1 is 0.844 bits per heavy atom. The fraction of sp³-hybridized carbons (Fsp3) is 0. The molecule has 4 rings (SSSR count). The van der Waals surface area contributed by atoms with Crippen molar-refractivity contribution in [2.24, 2.45) is 0 Å². The number of nitrogens with zero attached hydrogens (tertiary/aromatic N) is 3. The third kappa shape index (κ3) is 4.73. The average molecular weight is 429 g/mol. The molecule has 2 aromatic carbocycles. The first-order chi connectivity index (χ1) is 15.5. The van der Waals surface area contributed by atoms with Gasteiger partial charge in [-0.2, -0.15) is 9.78 Å². The Kier molecular flexibility index (Phi) is 5.80. The zero-order valence-electron chi connectivity index (χ0n) is 16.5. The first-order valence-corrected chi connectivity index (χ1v) is 9.50. The highest BCUT2D eigenvalue weighted by molar-refractivity contribution is 6.06. The summed E-state index contributed by atoms with van der Waals surface area (Å²) in [4.78, 5) is 41.3. The van der Waals surface area contributed by atoms with E-state index in [1.807, 2.05) is 0 Å². The molecule has 0 bridgehead atoms. The Morgan fingerprint density at radius 2 is 1.66 bits per heavy atom. The SMILES string of the molecule is O=C(Nc1ccccn1)c1cccc(NC(=O)c2ccc(=O)n(-c3ccc(F)cc3)n2)c1. The molecule has 0 unspecified atom stereocenters. The molecule has 0 radical (unpaired) electrons. The molecule has 0 fully saturated rings. The van der Waals surface area contributed by atoms with Crippen LogP contribution in [0.25, 0.3) is 5.69 Å². The minimum Gasteiger partial charge on any atom is -0.321 e. The summed E-state index contributed by atoms with van der Waals surface area (Å²) >= 11 is 0. The van der Waals surface area contributed by atoms with Crippen molar-refractivity contribution in [2.45, 2.75) is 0 Å². The Labute approximate surface area is 181 Å². The van der Waals surface area contributed by atoms with E-state index in [0.717, 1.165) is 4.68 Å². The maximum atomic E-state index is 13.2. The normalized spacial score (nSPS) is 10.4. The van der Waals surface area contributed by atoms with Crippen molar-refractivity contribution in [1.82, 2.24) is 14.8 Å². The monoisotopic (exact) mass is 429 g/mol. The molecule has 0 aliphatic heterocycles. The number of nitrogens with one attached hydrogen (secondary N) is 2. The van der Waals surface area contributed by atoms with Crippen LogP contribution in [0.1, 0.15) is 20.8 Å². The van der Waals surface area contributed by atoms with E-state index >= 15 is 0 Å². The third-order valence-corrected chi connectivity index (χ3v) is 4.39. The van der Waals surface area contributed by atoms with Gasteiger partial charge < -0.3 is 10.6 Å². The van der Waals surface area contributed by atoms with E-state index in [0.29, 0.717) is 22.8 Å². The van der Waals surface area contributed by atoms with Crippen LogP contribution in [0.5, 0.6) is 0 Å². The smallest absolute Gasteiger partial charge is 0.276 e. The molecule has 2 aromatic heterocycles. The number of carbonyl (C=O) groups is 2. The molecule has 2 heterocycles. The van der Waals surface area contributed by atoms with Crippen LogP contribution in [-0.2, 0) is 0 Å². The number of hydrogen-bond acceptors (Lipinski definition) is 5. The molecule has 2 N–H and O–H groups in total. The van der Waals surface area contributed by atoms with Gasteiger partial charge in [-0.05, 0) is 60.7 Å². The molecular weight excluding hydrogens is 413 g/mol. The number of hydrogen-bond donors (Lipinski definition) is 2. The second-order valence-corrected chi connectivity index (χ2v) is 6.65. The molecule has 0 spiro atoms. The third-order valence-electron chi connectivity index (χ3n) is 4.39. The van der Waals surface area contributed by atoms with Gasteiger partial charge in [-0.25, -0.2) is 9.37 Å². The van der Waals surface area contributed by atoms with E-state index in [1.54, 1.807) is 42.6 Å². The van der Waals surface area contributed by atoms with Crippen molar-refractivity contribution in [1.29, 1.82) is 0 Å². The molecule has 4 aromatic rings. The molecule has 32 heavy (non-hydrogen) atoms. The van der Waals surface area contributed by atoms with Gasteiger partial charge in [-0.3, -0.25) is 14.4 Å². The molecule has 0 saturated carbocycles. The summed E-state index contributed by atoms with van der Waals surface area (Å²) in [5.74, 6) is -1.02. The fourth-order valence-electron chi connectivity index (χ4n) is 2.86. The van der Waals surface area contributed by atoms with Gasteiger partial charge in [0, 0.05) is 23.5 Å². The van der Waals surface area contributed by atoms with Gasteiger partial charge in [0.05, 0.1) is 5.69 Å². The van der Waals surface area contributed by atoms with Crippen molar-refractivity contribution < 1.29 is 14.0 Å². The highest BCUT2D eigenvalue weighted by Gasteiger charge is 2.13. The van der Waals surface area contributed by atoms with Crippen LogP contribution < -0.4 is 16.2 Å². The van der Waals surface area contributed by atoms with Gasteiger partial charge in [0.2, 0.25) is 0 Å². The lowest BCUT2D eigenvalue weighted by molar-refractivity contribution is 0.101. The summed E-state index contributed by atoms with van der Waals surface area (Å²) in [6, 6.07) is 19.1. The van der Waals surface area contributed by atoms with E-state index in [-0.39, 0.29) is 11.6 Å². The second kappa shape index (κ2) is 9.00. The van der Waals surface area contributed by atoms with Gasteiger partial charge in [-0.15, -0.1) is 0 Å². The fourth-order valence-corrected chi connectivity index (χ4v) is 2.86. The predicted molar refractivity (Wildman–Crippen MR) is 116 cm³/mol. The van der Waals surface area contributed by atoms with Crippen LogP contribution >= 0.6 is 0 Å². The maximum absolute atomic E-state index is 13.2. The van der Waals surface area contributed by atoms with E-state index in [2.05, 4.69) is 20.7 Å². The van der Waals surface area contributed by atoms with E-state index in [4.69, 9.17) is 0 Å². The largest absolute Gasteiger partial charge is 0.321 e. The lowest BCUT2D eigenvalue weighted by Crippen LogP contribution is -2.25. The van der Waals surface area contributed by atoms with E-state index in [9.17, 15) is 18.8 Å².